The Hall–Kier alpha value is -3.02. The molecule has 1 saturated heterocycles. The van der Waals surface area contributed by atoms with E-state index in [0.29, 0.717) is 25.1 Å². The zero-order chi connectivity index (χ0) is 19.1. The lowest BCUT2D eigenvalue weighted by molar-refractivity contribution is -0.122. The van der Waals surface area contributed by atoms with Crippen LogP contribution in [0.1, 0.15) is 35.3 Å². The number of benzene rings is 1. The fraction of sp³-hybridized carbons (Fsp3) is 0.333. The smallest absolute Gasteiger partial charge is 0.410 e. The van der Waals surface area contributed by atoms with Crippen LogP contribution < -0.4 is 0 Å². The van der Waals surface area contributed by atoms with Gasteiger partial charge in [-0.25, -0.2) is 4.79 Å². The molecule has 0 aliphatic carbocycles. The molecule has 0 N–H and O–H groups in total. The molecule has 2 heterocycles. The number of pyridine rings is 1. The average Bonchev–Trinajstić information content (AvgIpc) is 2.89. The summed E-state index contributed by atoms with van der Waals surface area (Å²) >= 11 is 0. The Bertz CT molecular complexity index is 792. The van der Waals surface area contributed by atoms with Crippen molar-refractivity contribution >= 4 is 17.7 Å². The second-order valence-electron chi connectivity index (χ2n) is 6.60. The number of Topliss-reactive ketones (excluding diaryl/α,β-unsaturated/α-hetero) is 2. The minimum absolute atomic E-state index is 0.0117. The van der Waals surface area contributed by atoms with Crippen molar-refractivity contribution in [2.24, 2.45) is 5.92 Å². The van der Waals surface area contributed by atoms with E-state index in [4.69, 9.17) is 4.74 Å². The van der Waals surface area contributed by atoms with E-state index in [2.05, 4.69) is 4.98 Å². The Morgan fingerprint density at radius 2 is 1.89 bits per heavy atom. The highest BCUT2D eigenvalue weighted by molar-refractivity contribution is 5.97. The van der Waals surface area contributed by atoms with Gasteiger partial charge in [-0.15, -0.1) is 0 Å². The zero-order valence-electron chi connectivity index (χ0n) is 15.0. The molecular formula is C21H22N2O4. The van der Waals surface area contributed by atoms with E-state index in [1.807, 2.05) is 30.3 Å². The summed E-state index contributed by atoms with van der Waals surface area (Å²) in [7, 11) is 0. The fourth-order valence-corrected chi connectivity index (χ4v) is 3.12. The first kappa shape index (κ1) is 18.8. The molecule has 0 radical (unpaired) electrons. The van der Waals surface area contributed by atoms with Crippen molar-refractivity contribution in [1.82, 2.24) is 9.88 Å². The van der Waals surface area contributed by atoms with Crippen LogP contribution >= 0.6 is 0 Å². The lowest BCUT2D eigenvalue weighted by Crippen LogP contribution is -2.37. The molecule has 0 spiro atoms. The Morgan fingerprint density at radius 3 is 2.63 bits per heavy atom. The summed E-state index contributed by atoms with van der Waals surface area (Å²) in [5.41, 5.74) is 1.24. The van der Waals surface area contributed by atoms with E-state index in [-0.39, 0.29) is 31.1 Å². The number of nitrogens with zero attached hydrogens (tertiary/aromatic N) is 2. The van der Waals surface area contributed by atoms with Crippen molar-refractivity contribution in [1.29, 1.82) is 0 Å². The maximum absolute atomic E-state index is 12.4. The minimum atomic E-state index is -0.522. The van der Waals surface area contributed by atoms with Gasteiger partial charge in [-0.1, -0.05) is 36.4 Å². The molecule has 1 aromatic carbocycles. The summed E-state index contributed by atoms with van der Waals surface area (Å²) < 4.78 is 5.37. The van der Waals surface area contributed by atoms with E-state index in [9.17, 15) is 14.4 Å². The molecule has 3 rings (SSSR count). The summed E-state index contributed by atoms with van der Waals surface area (Å²) in [4.78, 5) is 42.8. The molecule has 6 heteroatoms. The van der Waals surface area contributed by atoms with E-state index >= 15 is 0 Å². The molecule has 1 aromatic heterocycles. The van der Waals surface area contributed by atoms with Gasteiger partial charge in [0.25, 0.3) is 0 Å². The van der Waals surface area contributed by atoms with Gasteiger partial charge in [0, 0.05) is 38.0 Å². The average molecular weight is 366 g/mol. The molecule has 6 nitrogen and oxygen atoms in total. The van der Waals surface area contributed by atoms with Crippen molar-refractivity contribution < 1.29 is 19.1 Å². The lowest BCUT2D eigenvalue weighted by atomic mass is 9.94. The largest absolute Gasteiger partial charge is 0.445 e. The minimum Gasteiger partial charge on any atom is -0.445 e. The van der Waals surface area contributed by atoms with Crippen molar-refractivity contribution in [2.45, 2.75) is 25.9 Å². The maximum Gasteiger partial charge on any atom is 0.410 e. The van der Waals surface area contributed by atoms with Crippen LogP contribution in [-0.2, 0) is 16.1 Å². The molecule has 0 bridgehead atoms. The first-order chi connectivity index (χ1) is 13.1. The maximum atomic E-state index is 12.4. The lowest BCUT2D eigenvalue weighted by Gasteiger charge is -2.23. The molecule has 0 saturated carbocycles. The molecule has 1 aliphatic heterocycles. The number of amides is 1. The standard InChI is InChI=1S/C21H22N2O4/c24-19-10-6-12-23(21(26)27-15-16-7-2-1-3-8-16)14-17(19)13-20(25)18-9-4-5-11-22-18/h1-5,7-9,11,17H,6,10,12-15H2. The topological polar surface area (TPSA) is 76.6 Å². The number of rotatable bonds is 5. The first-order valence-electron chi connectivity index (χ1n) is 9.06. The van der Waals surface area contributed by atoms with E-state index in [1.165, 1.54) is 4.90 Å². The van der Waals surface area contributed by atoms with E-state index in [1.54, 1.807) is 24.4 Å². The molecular weight excluding hydrogens is 344 g/mol. The third-order valence-corrected chi connectivity index (χ3v) is 4.59. The van der Waals surface area contributed by atoms with Gasteiger partial charge in [0.15, 0.2) is 5.78 Å². The molecule has 1 aliphatic rings. The predicted molar refractivity (Wildman–Crippen MR) is 99.1 cm³/mol. The molecule has 1 amide bonds. The molecule has 2 aromatic rings. The van der Waals surface area contributed by atoms with Gasteiger partial charge in [0.1, 0.15) is 18.1 Å². The molecule has 1 unspecified atom stereocenters. The summed E-state index contributed by atoms with van der Waals surface area (Å²) in [5, 5.41) is 0. The third-order valence-electron chi connectivity index (χ3n) is 4.59. The van der Waals surface area contributed by atoms with Gasteiger partial charge in [-0.3, -0.25) is 14.6 Å². The SMILES string of the molecule is O=C(CC1CN(C(=O)OCc2ccccc2)CCCC1=O)c1ccccn1. The van der Waals surface area contributed by atoms with Crippen LogP contribution in [0.2, 0.25) is 0 Å². The molecule has 140 valence electrons. The highest BCUT2D eigenvalue weighted by atomic mass is 16.6. The molecule has 27 heavy (non-hydrogen) atoms. The van der Waals surface area contributed by atoms with Crippen LogP contribution in [-0.4, -0.2) is 40.6 Å². The third kappa shape index (κ3) is 5.23. The number of aromatic nitrogens is 1. The number of carbonyl (C=O) groups excluding carboxylic acids is 3. The molecule has 1 atom stereocenters. The molecule has 1 fully saturated rings. The van der Waals surface area contributed by atoms with Crippen LogP contribution in [0.3, 0.4) is 0 Å². The van der Waals surface area contributed by atoms with Gasteiger partial charge in [-0.05, 0) is 24.1 Å². The Morgan fingerprint density at radius 1 is 1.11 bits per heavy atom. The van der Waals surface area contributed by atoms with Gasteiger partial charge in [0.05, 0.1) is 0 Å². The van der Waals surface area contributed by atoms with Crippen molar-refractivity contribution in [2.75, 3.05) is 13.1 Å². The summed E-state index contributed by atoms with van der Waals surface area (Å²) in [6, 6.07) is 14.5. The van der Waals surface area contributed by atoms with E-state index in [0.717, 1.165) is 5.56 Å². The van der Waals surface area contributed by atoms with Crippen LogP contribution in [0.4, 0.5) is 4.79 Å². The van der Waals surface area contributed by atoms with Crippen LogP contribution in [0.5, 0.6) is 0 Å². The zero-order valence-corrected chi connectivity index (χ0v) is 15.0. The highest BCUT2D eigenvalue weighted by Crippen LogP contribution is 2.19. The second kappa shape index (κ2) is 9.07. The number of carbonyl (C=O) groups is 3. The first-order valence-corrected chi connectivity index (χ1v) is 9.06. The van der Waals surface area contributed by atoms with Crippen molar-refractivity contribution in [3.8, 4) is 0 Å². The Labute approximate surface area is 158 Å². The van der Waals surface area contributed by atoms with Gasteiger partial charge in [-0.2, -0.15) is 0 Å². The summed E-state index contributed by atoms with van der Waals surface area (Å²) in [6.45, 7) is 0.834. The van der Waals surface area contributed by atoms with E-state index < -0.39 is 12.0 Å². The van der Waals surface area contributed by atoms with Gasteiger partial charge in [0.2, 0.25) is 0 Å². The number of hydrogen-bond acceptors (Lipinski definition) is 5. The van der Waals surface area contributed by atoms with Crippen LogP contribution in [0, 0.1) is 5.92 Å². The Kier molecular flexibility index (Phi) is 6.30. The normalized spacial score (nSPS) is 17.3. The quantitative estimate of drug-likeness (QED) is 0.759. The van der Waals surface area contributed by atoms with Crippen LogP contribution in [0.25, 0.3) is 0 Å². The number of ketones is 2. The number of likely N-dealkylation sites (tertiary alicyclic amines) is 1. The number of hydrogen-bond donors (Lipinski definition) is 0. The second-order valence-corrected chi connectivity index (χ2v) is 6.60. The van der Waals surface area contributed by atoms with Crippen molar-refractivity contribution in [3.63, 3.8) is 0 Å². The Balaban J connectivity index is 1.60. The van der Waals surface area contributed by atoms with Crippen LogP contribution in [0.15, 0.2) is 54.7 Å². The number of ether oxygens (including phenoxy) is 1. The predicted octanol–water partition coefficient (Wildman–Crippen LogP) is 3.27. The van der Waals surface area contributed by atoms with Crippen molar-refractivity contribution in [3.05, 3.63) is 66.0 Å². The monoisotopic (exact) mass is 366 g/mol. The summed E-state index contributed by atoms with van der Waals surface area (Å²) in [5.74, 6) is -0.697. The van der Waals surface area contributed by atoms with Gasteiger partial charge < -0.3 is 9.64 Å². The summed E-state index contributed by atoms with van der Waals surface area (Å²) in [6.07, 6.45) is 2.09. The highest BCUT2D eigenvalue weighted by Gasteiger charge is 2.30. The fourth-order valence-electron chi connectivity index (χ4n) is 3.12. The van der Waals surface area contributed by atoms with Gasteiger partial charge >= 0.3 is 6.09 Å².